The van der Waals surface area contributed by atoms with Crippen molar-refractivity contribution in [1.29, 1.82) is 0 Å². The Morgan fingerprint density at radius 1 is 1.53 bits per heavy atom. The predicted molar refractivity (Wildman–Crippen MR) is 63.9 cm³/mol. The van der Waals surface area contributed by atoms with Crippen LogP contribution < -0.4 is 5.32 Å². The largest absolute Gasteiger partial charge is 0.316 e. The van der Waals surface area contributed by atoms with Crippen molar-refractivity contribution in [2.24, 2.45) is 0 Å². The molecule has 0 aliphatic rings. The summed E-state index contributed by atoms with van der Waals surface area (Å²) in [6.07, 6.45) is 2.26. The molecular weight excluding hydrogens is 186 g/mol. The maximum atomic E-state index is 11.7. The van der Waals surface area contributed by atoms with Crippen LogP contribution in [0.1, 0.15) is 34.8 Å². The van der Waals surface area contributed by atoms with E-state index in [2.05, 4.69) is 11.9 Å². The van der Waals surface area contributed by atoms with Gasteiger partial charge in [0.15, 0.2) is 5.78 Å². The van der Waals surface area contributed by atoms with Crippen LogP contribution in [0.15, 0.2) is 24.8 Å². The van der Waals surface area contributed by atoms with E-state index in [0.717, 1.165) is 23.2 Å². The summed E-state index contributed by atoms with van der Waals surface area (Å²) in [6.45, 7) is 6.37. The lowest BCUT2D eigenvalue weighted by Gasteiger charge is -2.07. The van der Waals surface area contributed by atoms with Crippen LogP contribution in [0.4, 0.5) is 0 Å². The SMILES string of the molecule is C=Cc1ccc(CNC)cc1C(=O)CC. The van der Waals surface area contributed by atoms with Crippen molar-refractivity contribution in [1.82, 2.24) is 5.32 Å². The van der Waals surface area contributed by atoms with E-state index < -0.39 is 0 Å². The molecule has 0 aromatic heterocycles. The van der Waals surface area contributed by atoms with Gasteiger partial charge in [-0.1, -0.05) is 31.7 Å². The van der Waals surface area contributed by atoms with E-state index in [1.165, 1.54) is 0 Å². The molecule has 0 heterocycles. The molecule has 1 N–H and O–H groups in total. The number of hydrogen-bond donors (Lipinski definition) is 1. The Balaban J connectivity index is 3.12. The summed E-state index contributed by atoms with van der Waals surface area (Å²) in [5, 5.41) is 3.07. The monoisotopic (exact) mass is 203 g/mol. The zero-order valence-electron chi connectivity index (χ0n) is 9.34. The van der Waals surface area contributed by atoms with E-state index in [1.54, 1.807) is 6.08 Å². The summed E-state index contributed by atoms with van der Waals surface area (Å²) in [5.41, 5.74) is 2.82. The topological polar surface area (TPSA) is 29.1 Å². The second-order valence-electron chi connectivity index (χ2n) is 3.43. The van der Waals surface area contributed by atoms with Crippen LogP contribution in [-0.4, -0.2) is 12.8 Å². The Hall–Kier alpha value is -1.41. The molecule has 15 heavy (non-hydrogen) atoms. The first-order valence-corrected chi connectivity index (χ1v) is 5.16. The maximum Gasteiger partial charge on any atom is 0.163 e. The molecular formula is C13H17NO. The van der Waals surface area contributed by atoms with Crippen molar-refractivity contribution in [2.45, 2.75) is 19.9 Å². The van der Waals surface area contributed by atoms with E-state index in [0.29, 0.717) is 6.42 Å². The van der Waals surface area contributed by atoms with Gasteiger partial charge in [0.1, 0.15) is 0 Å². The quantitative estimate of drug-likeness (QED) is 0.745. The molecule has 0 saturated heterocycles. The van der Waals surface area contributed by atoms with Gasteiger partial charge in [0.2, 0.25) is 0 Å². The number of hydrogen-bond acceptors (Lipinski definition) is 2. The molecule has 0 aliphatic carbocycles. The van der Waals surface area contributed by atoms with Crippen LogP contribution in [0, 0.1) is 0 Å². The first kappa shape index (κ1) is 11.7. The van der Waals surface area contributed by atoms with Crippen molar-refractivity contribution in [2.75, 3.05) is 7.05 Å². The molecule has 0 radical (unpaired) electrons. The minimum atomic E-state index is 0.169. The fraction of sp³-hybridized carbons (Fsp3) is 0.308. The smallest absolute Gasteiger partial charge is 0.163 e. The summed E-state index contributed by atoms with van der Waals surface area (Å²) >= 11 is 0. The van der Waals surface area contributed by atoms with E-state index in [1.807, 2.05) is 32.2 Å². The molecule has 0 saturated carbocycles. The minimum Gasteiger partial charge on any atom is -0.316 e. The molecule has 0 fully saturated rings. The highest BCUT2D eigenvalue weighted by atomic mass is 16.1. The van der Waals surface area contributed by atoms with Crippen molar-refractivity contribution >= 4 is 11.9 Å². The zero-order valence-corrected chi connectivity index (χ0v) is 9.34. The lowest BCUT2D eigenvalue weighted by molar-refractivity contribution is 0.0988. The first-order chi connectivity index (χ1) is 7.22. The van der Waals surface area contributed by atoms with Gasteiger partial charge in [-0.25, -0.2) is 0 Å². The second kappa shape index (κ2) is 5.47. The standard InChI is InChI=1S/C13H17NO/c1-4-11-7-6-10(9-14-3)8-12(11)13(15)5-2/h4,6-8,14H,1,5,9H2,2-3H3. The third-order valence-corrected chi connectivity index (χ3v) is 2.34. The fourth-order valence-corrected chi connectivity index (χ4v) is 1.53. The number of nitrogens with one attached hydrogen (secondary N) is 1. The summed E-state index contributed by atoms with van der Waals surface area (Å²) in [7, 11) is 1.89. The lowest BCUT2D eigenvalue weighted by atomic mass is 9.99. The third kappa shape index (κ3) is 2.77. The second-order valence-corrected chi connectivity index (χ2v) is 3.43. The van der Waals surface area contributed by atoms with Crippen LogP contribution in [0.25, 0.3) is 6.08 Å². The Kier molecular flexibility index (Phi) is 4.25. The zero-order chi connectivity index (χ0) is 11.3. The average Bonchev–Trinajstić information content (AvgIpc) is 2.28. The molecule has 80 valence electrons. The van der Waals surface area contributed by atoms with Crippen molar-refractivity contribution < 1.29 is 4.79 Å². The van der Waals surface area contributed by atoms with Crippen LogP contribution >= 0.6 is 0 Å². The lowest BCUT2D eigenvalue weighted by Crippen LogP contribution is -2.07. The number of carbonyl (C=O) groups is 1. The Bertz CT molecular complexity index is 369. The predicted octanol–water partition coefficient (Wildman–Crippen LogP) is 2.64. The molecule has 1 aromatic rings. The molecule has 0 unspecified atom stereocenters. The van der Waals surface area contributed by atoms with Crippen LogP contribution in [0.2, 0.25) is 0 Å². The molecule has 0 atom stereocenters. The summed E-state index contributed by atoms with van der Waals surface area (Å²) in [6, 6.07) is 5.90. The van der Waals surface area contributed by atoms with Gasteiger partial charge < -0.3 is 5.32 Å². The van der Waals surface area contributed by atoms with Gasteiger partial charge in [-0.15, -0.1) is 0 Å². The molecule has 0 aliphatic heterocycles. The molecule has 2 nitrogen and oxygen atoms in total. The number of Topliss-reactive ketones (excluding diaryl/α,β-unsaturated/α-hetero) is 1. The molecule has 0 spiro atoms. The normalized spacial score (nSPS) is 10.0. The number of benzene rings is 1. The molecule has 0 bridgehead atoms. The number of rotatable bonds is 5. The number of ketones is 1. The minimum absolute atomic E-state index is 0.169. The Labute approximate surface area is 91.0 Å². The van der Waals surface area contributed by atoms with Crippen LogP contribution in [0.3, 0.4) is 0 Å². The van der Waals surface area contributed by atoms with Gasteiger partial charge in [-0.05, 0) is 24.2 Å². The van der Waals surface area contributed by atoms with Gasteiger partial charge >= 0.3 is 0 Å². The highest BCUT2D eigenvalue weighted by molar-refractivity contribution is 5.99. The van der Waals surface area contributed by atoms with Crippen molar-refractivity contribution in [3.63, 3.8) is 0 Å². The van der Waals surface area contributed by atoms with Crippen molar-refractivity contribution in [3.8, 4) is 0 Å². The van der Waals surface area contributed by atoms with Crippen LogP contribution in [0.5, 0.6) is 0 Å². The maximum absolute atomic E-state index is 11.7. The summed E-state index contributed by atoms with van der Waals surface area (Å²) in [4.78, 5) is 11.7. The van der Waals surface area contributed by atoms with E-state index in [4.69, 9.17) is 0 Å². The van der Waals surface area contributed by atoms with Crippen molar-refractivity contribution in [3.05, 3.63) is 41.5 Å². The Morgan fingerprint density at radius 2 is 2.27 bits per heavy atom. The average molecular weight is 203 g/mol. The van der Waals surface area contributed by atoms with Gasteiger partial charge in [0.25, 0.3) is 0 Å². The molecule has 0 amide bonds. The fourth-order valence-electron chi connectivity index (χ4n) is 1.53. The van der Waals surface area contributed by atoms with Gasteiger partial charge in [0, 0.05) is 18.5 Å². The van der Waals surface area contributed by atoms with Gasteiger partial charge in [-0.2, -0.15) is 0 Å². The molecule has 1 rings (SSSR count). The molecule has 2 heteroatoms. The molecule has 1 aromatic carbocycles. The van der Waals surface area contributed by atoms with E-state index in [-0.39, 0.29) is 5.78 Å². The first-order valence-electron chi connectivity index (χ1n) is 5.16. The Morgan fingerprint density at radius 3 is 2.80 bits per heavy atom. The third-order valence-electron chi connectivity index (χ3n) is 2.34. The highest BCUT2D eigenvalue weighted by Gasteiger charge is 2.08. The number of carbonyl (C=O) groups excluding carboxylic acids is 1. The van der Waals surface area contributed by atoms with Gasteiger partial charge in [0.05, 0.1) is 0 Å². The summed E-state index contributed by atoms with van der Waals surface area (Å²) < 4.78 is 0. The highest BCUT2D eigenvalue weighted by Crippen LogP contribution is 2.15. The van der Waals surface area contributed by atoms with Crippen LogP contribution in [-0.2, 0) is 6.54 Å². The van der Waals surface area contributed by atoms with Gasteiger partial charge in [-0.3, -0.25) is 4.79 Å². The van der Waals surface area contributed by atoms with E-state index >= 15 is 0 Å². The van der Waals surface area contributed by atoms with E-state index in [9.17, 15) is 4.79 Å². The summed E-state index contributed by atoms with van der Waals surface area (Å²) in [5.74, 6) is 0.169.